The smallest absolute Gasteiger partial charge is 0.127 e. The van der Waals surface area contributed by atoms with Crippen molar-refractivity contribution in [2.75, 3.05) is 11.9 Å². The summed E-state index contributed by atoms with van der Waals surface area (Å²) in [6.07, 6.45) is 9.09. The second-order valence-corrected chi connectivity index (χ2v) is 11.2. The third-order valence-electron chi connectivity index (χ3n) is 7.44. The highest BCUT2D eigenvalue weighted by Gasteiger charge is 2.47. The fraction of sp³-hybridized carbons (Fsp3) is 0.760. The molecule has 1 saturated carbocycles. The fourth-order valence-corrected chi connectivity index (χ4v) is 5.95. The number of phenolic OH excluding ortho intramolecular Hbond substituents is 1. The molecule has 0 radical (unpaired) electrons. The molecule has 2 N–H and O–H groups in total. The van der Waals surface area contributed by atoms with Crippen LogP contribution in [0.4, 0.5) is 0 Å². The Kier molecular flexibility index (Phi) is 7.26. The maximum Gasteiger partial charge on any atom is 0.127 e. The topological polar surface area (TPSA) is 49.7 Å². The van der Waals surface area contributed by atoms with Crippen molar-refractivity contribution >= 4 is 15.9 Å². The van der Waals surface area contributed by atoms with E-state index < -0.39 is 0 Å². The van der Waals surface area contributed by atoms with Crippen molar-refractivity contribution in [2.45, 2.75) is 96.0 Å². The van der Waals surface area contributed by atoms with Crippen molar-refractivity contribution in [1.82, 2.24) is 0 Å². The van der Waals surface area contributed by atoms with Gasteiger partial charge in [0.05, 0.1) is 0 Å². The van der Waals surface area contributed by atoms with Crippen LogP contribution in [0.2, 0.25) is 0 Å². The molecule has 3 rings (SSSR count). The molecule has 1 heterocycles. The van der Waals surface area contributed by atoms with E-state index >= 15 is 0 Å². The number of benzene rings is 1. The molecular formula is C25H39BrO3. The molecule has 0 bridgehead atoms. The molecule has 2 aliphatic rings. The zero-order valence-electron chi connectivity index (χ0n) is 18.6. The lowest BCUT2D eigenvalue weighted by molar-refractivity contribution is -0.0211. The van der Waals surface area contributed by atoms with Gasteiger partial charge in [0.2, 0.25) is 0 Å². The number of aliphatic hydroxyl groups is 1. The number of aromatic hydroxyl groups is 1. The van der Waals surface area contributed by atoms with Gasteiger partial charge < -0.3 is 14.9 Å². The third-order valence-corrected chi connectivity index (χ3v) is 8.00. The van der Waals surface area contributed by atoms with Gasteiger partial charge >= 0.3 is 0 Å². The van der Waals surface area contributed by atoms with E-state index in [0.717, 1.165) is 47.9 Å². The lowest BCUT2D eigenvalue weighted by Gasteiger charge is -2.49. The standard InChI is InChI=1S/C25H39BrO3/c1-24(2,11-7-5-6-8-12-26)18-14-21(28)23-19-13-17(16-27)9-10-20(19)25(3,4)29-22(23)15-18/h14-15,17,19-20,27-28H,5-13,16H2,1-4H3/t17-,19-,20-/m1/s1. The lowest BCUT2D eigenvalue weighted by Crippen LogP contribution is -2.47. The molecule has 1 aromatic rings. The average molecular weight is 467 g/mol. The summed E-state index contributed by atoms with van der Waals surface area (Å²) in [6.45, 7) is 9.16. The normalized spacial score (nSPS) is 25.8. The summed E-state index contributed by atoms with van der Waals surface area (Å²) in [5.41, 5.74) is 1.90. The monoisotopic (exact) mass is 466 g/mol. The number of alkyl halides is 1. The van der Waals surface area contributed by atoms with E-state index in [2.05, 4.69) is 49.7 Å². The Labute approximate surface area is 185 Å². The first kappa shape index (κ1) is 22.9. The summed E-state index contributed by atoms with van der Waals surface area (Å²) in [5.74, 6) is 2.22. The zero-order chi connectivity index (χ0) is 21.2. The minimum absolute atomic E-state index is 0.00542. The number of aliphatic hydroxyl groups excluding tert-OH is 1. The Morgan fingerprint density at radius 2 is 1.86 bits per heavy atom. The van der Waals surface area contributed by atoms with Gasteiger partial charge in [0, 0.05) is 23.4 Å². The maximum atomic E-state index is 11.1. The van der Waals surface area contributed by atoms with Gasteiger partial charge in [0.1, 0.15) is 17.1 Å². The van der Waals surface area contributed by atoms with E-state index in [1.54, 1.807) is 0 Å². The average Bonchev–Trinajstić information content (AvgIpc) is 2.66. The van der Waals surface area contributed by atoms with Crippen LogP contribution in [-0.4, -0.2) is 27.8 Å². The van der Waals surface area contributed by atoms with Crippen molar-refractivity contribution < 1.29 is 14.9 Å². The van der Waals surface area contributed by atoms with Gasteiger partial charge in [-0.3, -0.25) is 0 Å². The molecule has 1 aromatic carbocycles. The van der Waals surface area contributed by atoms with Crippen LogP contribution >= 0.6 is 15.9 Å². The summed E-state index contributed by atoms with van der Waals surface area (Å²) in [7, 11) is 0. The van der Waals surface area contributed by atoms with Crippen molar-refractivity contribution in [1.29, 1.82) is 0 Å². The Morgan fingerprint density at radius 1 is 1.14 bits per heavy atom. The van der Waals surface area contributed by atoms with Crippen LogP contribution in [0.3, 0.4) is 0 Å². The molecule has 3 nitrogen and oxygen atoms in total. The van der Waals surface area contributed by atoms with Crippen LogP contribution in [0.25, 0.3) is 0 Å². The number of unbranched alkanes of at least 4 members (excludes halogenated alkanes) is 3. The van der Waals surface area contributed by atoms with Gasteiger partial charge in [-0.25, -0.2) is 0 Å². The number of hydrogen-bond acceptors (Lipinski definition) is 3. The minimum atomic E-state index is -0.247. The van der Waals surface area contributed by atoms with Crippen molar-refractivity contribution in [2.24, 2.45) is 11.8 Å². The molecular weight excluding hydrogens is 428 g/mol. The number of halogens is 1. The second-order valence-electron chi connectivity index (χ2n) is 10.4. The maximum absolute atomic E-state index is 11.1. The summed E-state index contributed by atoms with van der Waals surface area (Å²) in [4.78, 5) is 0. The summed E-state index contributed by atoms with van der Waals surface area (Å²) < 4.78 is 6.50. The largest absolute Gasteiger partial charge is 0.508 e. The molecule has 1 aliphatic carbocycles. The Bertz CT molecular complexity index is 698. The van der Waals surface area contributed by atoms with Crippen LogP contribution in [0.15, 0.2) is 12.1 Å². The first-order chi connectivity index (χ1) is 13.7. The van der Waals surface area contributed by atoms with Crippen LogP contribution in [0.5, 0.6) is 11.5 Å². The second kappa shape index (κ2) is 9.18. The number of fused-ring (bicyclic) bond motifs is 3. The van der Waals surface area contributed by atoms with Crippen molar-refractivity contribution in [3.05, 3.63) is 23.3 Å². The lowest BCUT2D eigenvalue weighted by atomic mass is 9.63. The molecule has 3 atom stereocenters. The van der Waals surface area contributed by atoms with Gasteiger partial charge in [-0.2, -0.15) is 0 Å². The molecule has 0 spiro atoms. The SMILES string of the molecule is CC(C)(CCCCCCBr)c1cc(O)c2c(c1)OC(C)(C)[C@@H]1CC[C@@H](CO)C[C@@H]21. The molecule has 164 valence electrons. The van der Waals surface area contributed by atoms with E-state index in [1.807, 2.05) is 6.07 Å². The highest BCUT2D eigenvalue weighted by Crippen LogP contribution is 2.56. The van der Waals surface area contributed by atoms with Crippen LogP contribution in [0.1, 0.15) is 96.1 Å². The number of ether oxygens (including phenoxy) is 1. The molecule has 1 aliphatic heterocycles. The molecule has 0 amide bonds. The van der Waals surface area contributed by atoms with E-state index in [9.17, 15) is 10.2 Å². The van der Waals surface area contributed by atoms with Crippen molar-refractivity contribution in [3.63, 3.8) is 0 Å². The molecule has 4 heteroatoms. The molecule has 0 unspecified atom stereocenters. The van der Waals surface area contributed by atoms with Crippen LogP contribution < -0.4 is 4.74 Å². The van der Waals surface area contributed by atoms with Gasteiger partial charge in [0.25, 0.3) is 0 Å². The van der Waals surface area contributed by atoms with Gasteiger partial charge in [-0.15, -0.1) is 0 Å². The number of rotatable bonds is 8. The van der Waals surface area contributed by atoms with Crippen molar-refractivity contribution in [3.8, 4) is 11.5 Å². The van der Waals surface area contributed by atoms with E-state index in [1.165, 1.54) is 25.7 Å². The van der Waals surface area contributed by atoms with Crippen LogP contribution in [-0.2, 0) is 5.41 Å². The highest BCUT2D eigenvalue weighted by molar-refractivity contribution is 9.09. The highest BCUT2D eigenvalue weighted by atomic mass is 79.9. The zero-order valence-corrected chi connectivity index (χ0v) is 20.2. The molecule has 0 aromatic heterocycles. The predicted molar refractivity (Wildman–Crippen MR) is 123 cm³/mol. The fourth-order valence-electron chi connectivity index (χ4n) is 5.55. The van der Waals surface area contributed by atoms with E-state index in [0.29, 0.717) is 17.6 Å². The summed E-state index contributed by atoms with van der Waals surface area (Å²) >= 11 is 3.51. The van der Waals surface area contributed by atoms with Gasteiger partial charge in [-0.05, 0) is 80.9 Å². The summed E-state index contributed by atoms with van der Waals surface area (Å²) in [6, 6.07) is 4.17. The first-order valence-corrected chi connectivity index (χ1v) is 12.5. The third kappa shape index (κ3) is 4.95. The molecule has 1 fully saturated rings. The number of hydrogen-bond donors (Lipinski definition) is 2. The van der Waals surface area contributed by atoms with Gasteiger partial charge in [-0.1, -0.05) is 49.0 Å². The quantitative estimate of drug-likeness (QED) is 0.331. The van der Waals surface area contributed by atoms with Gasteiger partial charge in [0.15, 0.2) is 0 Å². The summed E-state index contributed by atoms with van der Waals surface area (Å²) in [5, 5.41) is 21.9. The predicted octanol–water partition coefficient (Wildman–Crippen LogP) is 6.68. The number of phenols is 1. The van der Waals surface area contributed by atoms with E-state index in [-0.39, 0.29) is 23.5 Å². The minimum Gasteiger partial charge on any atom is -0.508 e. The Morgan fingerprint density at radius 3 is 2.55 bits per heavy atom. The Hall–Kier alpha value is -0.740. The van der Waals surface area contributed by atoms with E-state index in [4.69, 9.17) is 4.74 Å². The first-order valence-electron chi connectivity index (χ1n) is 11.4. The van der Waals surface area contributed by atoms with Crippen LogP contribution in [0, 0.1) is 11.8 Å². The molecule has 29 heavy (non-hydrogen) atoms. The molecule has 0 saturated heterocycles. The Balaban J connectivity index is 1.85.